The van der Waals surface area contributed by atoms with E-state index < -0.39 is 0 Å². The van der Waals surface area contributed by atoms with Gasteiger partial charge < -0.3 is 14.8 Å². The fourth-order valence-corrected chi connectivity index (χ4v) is 3.81. The van der Waals surface area contributed by atoms with E-state index in [0.717, 1.165) is 23.4 Å². The lowest BCUT2D eigenvalue weighted by atomic mass is 10.1. The Morgan fingerprint density at radius 2 is 1.77 bits per heavy atom. The van der Waals surface area contributed by atoms with Gasteiger partial charge in [0.15, 0.2) is 0 Å². The van der Waals surface area contributed by atoms with Crippen molar-refractivity contribution in [3.8, 4) is 11.5 Å². The van der Waals surface area contributed by atoms with Crippen molar-refractivity contribution in [2.45, 2.75) is 25.8 Å². The summed E-state index contributed by atoms with van der Waals surface area (Å²) >= 11 is 12.0. The molecule has 4 nitrogen and oxygen atoms in total. The second-order valence-corrected chi connectivity index (χ2v) is 8.32. The van der Waals surface area contributed by atoms with Gasteiger partial charge in [-0.15, -0.1) is 0 Å². The Morgan fingerprint density at radius 3 is 2.52 bits per heavy atom. The molecule has 6 heteroatoms. The van der Waals surface area contributed by atoms with Crippen molar-refractivity contribution in [1.82, 2.24) is 0 Å². The number of hydrogen-bond acceptors (Lipinski definition) is 4. The second-order valence-electron chi connectivity index (χ2n) is 7.50. The van der Waals surface area contributed by atoms with Gasteiger partial charge in [-0.3, -0.25) is 4.79 Å². The Bertz CT molecular complexity index is 1070. The first-order chi connectivity index (χ1) is 15.0. The molecule has 2 atom stereocenters. The van der Waals surface area contributed by atoms with Gasteiger partial charge in [-0.2, -0.15) is 0 Å². The molecular weight excluding hydrogens is 433 g/mol. The van der Waals surface area contributed by atoms with Crippen molar-refractivity contribution < 1.29 is 14.3 Å². The topological polar surface area (TPSA) is 47.6 Å². The number of esters is 1. The van der Waals surface area contributed by atoms with Gasteiger partial charge in [-0.25, -0.2) is 0 Å². The van der Waals surface area contributed by atoms with Gasteiger partial charge in [-0.1, -0.05) is 47.5 Å². The van der Waals surface area contributed by atoms with Gasteiger partial charge in [0.1, 0.15) is 11.5 Å². The lowest BCUT2D eigenvalue weighted by Crippen LogP contribution is -2.07. The average Bonchev–Trinajstić information content (AvgIpc) is 3.57. The summed E-state index contributed by atoms with van der Waals surface area (Å²) in [6, 6.07) is 21.3. The van der Waals surface area contributed by atoms with E-state index in [1.807, 2.05) is 43.3 Å². The number of nitrogens with one attached hydrogen (secondary N) is 1. The summed E-state index contributed by atoms with van der Waals surface area (Å²) in [5.41, 5.74) is 3.29. The van der Waals surface area contributed by atoms with Gasteiger partial charge in [0.25, 0.3) is 0 Å². The number of anilines is 1. The quantitative estimate of drug-likeness (QED) is 0.369. The maximum Gasteiger partial charge on any atom is 0.309 e. The van der Waals surface area contributed by atoms with Crippen LogP contribution in [0.3, 0.4) is 0 Å². The SMILES string of the molecule is CCOC(=O)[C@@H]1C[C@H]1c1ccc(NCc2cccc(Oc3ccc(Cl)c(Cl)c3)c2)cc1. The molecule has 0 aromatic heterocycles. The largest absolute Gasteiger partial charge is 0.466 e. The van der Waals surface area contributed by atoms with E-state index in [2.05, 4.69) is 17.4 Å². The highest BCUT2D eigenvalue weighted by Crippen LogP contribution is 2.48. The summed E-state index contributed by atoms with van der Waals surface area (Å²) in [5, 5.41) is 4.38. The molecule has 0 spiro atoms. The van der Waals surface area contributed by atoms with Crippen LogP contribution in [0.15, 0.2) is 66.7 Å². The molecular formula is C25H23Cl2NO3. The Hall–Kier alpha value is -2.69. The van der Waals surface area contributed by atoms with Crippen LogP contribution < -0.4 is 10.1 Å². The number of ether oxygens (including phenoxy) is 2. The van der Waals surface area contributed by atoms with Crippen LogP contribution in [0, 0.1) is 5.92 Å². The van der Waals surface area contributed by atoms with Crippen molar-refractivity contribution in [2.75, 3.05) is 11.9 Å². The van der Waals surface area contributed by atoms with Crippen molar-refractivity contribution in [3.05, 3.63) is 87.9 Å². The van der Waals surface area contributed by atoms with Crippen LogP contribution in [0.1, 0.15) is 30.4 Å². The second kappa shape index (κ2) is 9.63. The molecule has 1 N–H and O–H groups in total. The number of rotatable bonds is 8. The van der Waals surface area contributed by atoms with E-state index in [9.17, 15) is 4.79 Å². The average molecular weight is 456 g/mol. The fourth-order valence-electron chi connectivity index (χ4n) is 3.52. The number of benzene rings is 3. The van der Waals surface area contributed by atoms with E-state index in [1.54, 1.807) is 18.2 Å². The lowest BCUT2D eigenvalue weighted by molar-refractivity contribution is -0.144. The zero-order chi connectivity index (χ0) is 21.8. The van der Waals surface area contributed by atoms with E-state index in [4.69, 9.17) is 32.7 Å². The maximum absolute atomic E-state index is 11.8. The molecule has 0 unspecified atom stereocenters. The normalized spacial score (nSPS) is 17.1. The molecule has 0 saturated heterocycles. The number of hydrogen-bond donors (Lipinski definition) is 1. The third-order valence-electron chi connectivity index (χ3n) is 5.24. The molecule has 31 heavy (non-hydrogen) atoms. The summed E-state index contributed by atoms with van der Waals surface area (Å²) in [7, 11) is 0. The van der Waals surface area contributed by atoms with Crippen LogP contribution in [0.2, 0.25) is 10.0 Å². The van der Waals surface area contributed by atoms with E-state index in [0.29, 0.717) is 28.9 Å². The maximum atomic E-state index is 11.8. The summed E-state index contributed by atoms with van der Waals surface area (Å²) in [6.45, 7) is 2.93. The Kier molecular flexibility index (Phi) is 6.69. The highest BCUT2D eigenvalue weighted by molar-refractivity contribution is 6.42. The molecule has 160 valence electrons. The molecule has 0 heterocycles. The first-order valence-corrected chi connectivity index (χ1v) is 11.0. The van der Waals surface area contributed by atoms with Gasteiger partial charge >= 0.3 is 5.97 Å². The fraction of sp³-hybridized carbons (Fsp3) is 0.240. The molecule has 4 rings (SSSR count). The van der Waals surface area contributed by atoms with Gasteiger partial charge in [-0.05, 0) is 66.8 Å². The minimum atomic E-state index is -0.0855. The molecule has 1 fully saturated rings. The Labute approximate surface area is 192 Å². The van der Waals surface area contributed by atoms with Crippen molar-refractivity contribution in [2.24, 2.45) is 5.92 Å². The van der Waals surface area contributed by atoms with Crippen LogP contribution in [0.25, 0.3) is 0 Å². The van der Waals surface area contributed by atoms with Gasteiger partial charge in [0.2, 0.25) is 0 Å². The molecule has 0 radical (unpaired) electrons. The first kappa shape index (κ1) is 21.5. The third-order valence-corrected chi connectivity index (χ3v) is 5.98. The minimum absolute atomic E-state index is 0.0111. The van der Waals surface area contributed by atoms with Crippen molar-refractivity contribution in [3.63, 3.8) is 0 Å². The smallest absolute Gasteiger partial charge is 0.309 e. The van der Waals surface area contributed by atoms with E-state index in [-0.39, 0.29) is 17.8 Å². The summed E-state index contributed by atoms with van der Waals surface area (Å²) in [5.74, 6) is 1.57. The van der Waals surface area contributed by atoms with Gasteiger partial charge in [0.05, 0.1) is 22.6 Å². The molecule has 0 bridgehead atoms. The third kappa shape index (κ3) is 5.52. The molecule has 1 aliphatic carbocycles. The summed E-state index contributed by atoms with van der Waals surface area (Å²) in [6.07, 6.45) is 0.872. The van der Waals surface area contributed by atoms with Crippen LogP contribution >= 0.6 is 23.2 Å². The van der Waals surface area contributed by atoms with Gasteiger partial charge in [0, 0.05) is 18.3 Å². The van der Waals surface area contributed by atoms with Crippen LogP contribution in [-0.4, -0.2) is 12.6 Å². The Balaban J connectivity index is 1.33. The van der Waals surface area contributed by atoms with Crippen molar-refractivity contribution >= 4 is 34.9 Å². The minimum Gasteiger partial charge on any atom is -0.466 e. The molecule has 3 aromatic carbocycles. The van der Waals surface area contributed by atoms with Crippen molar-refractivity contribution in [1.29, 1.82) is 0 Å². The summed E-state index contributed by atoms with van der Waals surface area (Å²) in [4.78, 5) is 11.8. The molecule has 3 aromatic rings. The number of carbonyl (C=O) groups is 1. The zero-order valence-electron chi connectivity index (χ0n) is 17.1. The predicted octanol–water partition coefficient (Wildman–Crippen LogP) is 7.06. The standard InChI is InChI=1S/C25H23Cl2NO3/c1-2-30-25(29)22-14-21(22)17-6-8-18(9-7-17)28-15-16-4-3-5-19(12-16)31-20-10-11-23(26)24(27)13-20/h3-13,21-22,28H,2,14-15H2,1H3/t21-,22+/m0/s1. The highest BCUT2D eigenvalue weighted by atomic mass is 35.5. The predicted molar refractivity (Wildman–Crippen MR) is 124 cm³/mol. The lowest BCUT2D eigenvalue weighted by Gasteiger charge is -2.10. The Morgan fingerprint density at radius 1 is 1.00 bits per heavy atom. The highest BCUT2D eigenvalue weighted by Gasteiger charge is 2.44. The van der Waals surface area contributed by atoms with E-state index in [1.165, 1.54) is 5.56 Å². The first-order valence-electron chi connectivity index (χ1n) is 10.3. The monoisotopic (exact) mass is 455 g/mol. The number of carbonyl (C=O) groups excluding carboxylic acids is 1. The molecule has 0 aliphatic heterocycles. The zero-order valence-corrected chi connectivity index (χ0v) is 18.6. The van der Waals surface area contributed by atoms with E-state index >= 15 is 0 Å². The van der Waals surface area contributed by atoms with Crippen LogP contribution in [0.5, 0.6) is 11.5 Å². The molecule has 1 saturated carbocycles. The molecule has 1 aliphatic rings. The molecule has 0 amide bonds. The van der Waals surface area contributed by atoms with Crippen LogP contribution in [-0.2, 0) is 16.1 Å². The van der Waals surface area contributed by atoms with Crippen LogP contribution in [0.4, 0.5) is 5.69 Å². The summed E-state index contributed by atoms with van der Waals surface area (Å²) < 4.78 is 11.0. The number of halogens is 2.